The summed E-state index contributed by atoms with van der Waals surface area (Å²) in [6.07, 6.45) is 5.04. The highest BCUT2D eigenvalue weighted by Crippen LogP contribution is 2.27. The van der Waals surface area contributed by atoms with Crippen molar-refractivity contribution >= 4 is 0 Å². The molecule has 1 atom stereocenters. The van der Waals surface area contributed by atoms with Crippen molar-refractivity contribution in [2.24, 2.45) is 5.90 Å². The highest BCUT2D eigenvalue weighted by molar-refractivity contribution is 4.85. The van der Waals surface area contributed by atoms with Crippen molar-refractivity contribution in [3.63, 3.8) is 0 Å². The van der Waals surface area contributed by atoms with E-state index in [-0.39, 0.29) is 5.54 Å². The fraction of sp³-hybridized carbons (Fsp3) is 1.00. The molecule has 0 spiro atoms. The van der Waals surface area contributed by atoms with Gasteiger partial charge in [0.05, 0.1) is 6.61 Å². The summed E-state index contributed by atoms with van der Waals surface area (Å²) in [5, 5.41) is 0. The molecule has 1 saturated heterocycles. The molecule has 1 unspecified atom stereocenters. The largest absolute Gasteiger partial charge is 0.305 e. The normalized spacial score (nSPS) is 25.3. The average Bonchev–Trinajstić information content (AvgIpc) is 2.14. The monoisotopic (exact) mass is 200 g/mol. The second-order valence-corrected chi connectivity index (χ2v) is 5.17. The minimum Gasteiger partial charge on any atom is -0.305 e. The highest BCUT2D eigenvalue weighted by atomic mass is 16.6. The maximum absolute atomic E-state index is 5.08. The molecule has 1 rings (SSSR count). The molecule has 3 nitrogen and oxygen atoms in total. The summed E-state index contributed by atoms with van der Waals surface area (Å²) in [5.74, 6) is 5.08. The van der Waals surface area contributed by atoms with Gasteiger partial charge in [0.25, 0.3) is 0 Å². The van der Waals surface area contributed by atoms with Crippen molar-refractivity contribution in [1.82, 2.24) is 4.90 Å². The Labute approximate surface area is 87.6 Å². The van der Waals surface area contributed by atoms with E-state index >= 15 is 0 Å². The summed E-state index contributed by atoms with van der Waals surface area (Å²) in [7, 11) is 0. The van der Waals surface area contributed by atoms with Crippen LogP contribution in [0.15, 0.2) is 0 Å². The predicted octanol–water partition coefficient (Wildman–Crippen LogP) is 1.92. The molecule has 84 valence electrons. The fourth-order valence-electron chi connectivity index (χ4n) is 2.39. The topological polar surface area (TPSA) is 38.5 Å². The van der Waals surface area contributed by atoms with Crippen molar-refractivity contribution in [2.45, 2.75) is 58.0 Å². The van der Waals surface area contributed by atoms with E-state index in [1.807, 2.05) is 0 Å². The molecule has 0 aliphatic carbocycles. The van der Waals surface area contributed by atoms with Crippen LogP contribution in [-0.4, -0.2) is 29.6 Å². The molecule has 0 bridgehead atoms. The predicted molar refractivity (Wildman–Crippen MR) is 58.9 cm³/mol. The van der Waals surface area contributed by atoms with Gasteiger partial charge in [-0.25, -0.2) is 5.90 Å². The molecule has 0 aromatic rings. The average molecular weight is 200 g/mol. The van der Waals surface area contributed by atoms with Crippen LogP contribution in [0.1, 0.15) is 46.5 Å². The zero-order chi connectivity index (χ0) is 10.6. The lowest BCUT2D eigenvalue weighted by molar-refractivity contribution is 0.0260. The lowest BCUT2D eigenvalue weighted by Crippen LogP contribution is -2.51. The Morgan fingerprint density at radius 2 is 2.07 bits per heavy atom. The number of rotatable bonds is 3. The second-order valence-electron chi connectivity index (χ2n) is 5.17. The Hall–Kier alpha value is -0.120. The standard InChI is InChI=1S/C11H24N2O/c1-11(2,3)13-8-5-4-6-10(13)7-9-14-12/h10H,4-9,12H2,1-3H3. The van der Waals surface area contributed by atoms with Crippen LogP contribution < -0.4 is 5.90 Å². The van der Waals surface area contributed by atoms with Gasteiger partial charge in [-0.2, -0.15) is 0 Å². The van der Waals surface area contributed by atoms with Crippen molar-refractivity contribution in [2.75, 3.05) is 13.2 Å². The number of hydrogen-bond donors (Lipinski definition) is 1. The third-order valence-corrected chi connectivity index (χ3v) is 3.06. The van der Waals surface area contributed by atoms with Gasteiger partial charge >= 0.3 is 0 Å². The Morgan fingerprint density at radius 3 is 2.64 bits per heavy atom. The molecule has 1 aliphatic rings. The second kappa shape index (κ2) is 5.10. The summed E-state index contributed by atoms with van der Waals surface area (Å²) in [6, 6.07) is 0.660. The quantitative estimate of drug-likeness (QED) is 0.707. The van der Waals surface area contributed by atoms with Gasteiger partial charge in [0.15, 0.2) is 0 Å². The van der Waals surface area contributed by atoms with Crippen LogP contribution in [0, 0.1) is 0 Å². The van der Waals surface area contributed by atoms with Crippen molar-refractivity contribution < 1.29 is 4.84 Å². The number of nitrogens with zero attached hydrogens (tertiary/aromatic N) is 1. The van der Waals surface area contributed by atoms with E-state index in [1.165, 1.54) is 25.8 Å². The summed E-state index contributed by atoms with van der Waals surface area (Å²) in [4.78, 5) is 7.27. The van der Waals surface area contributed by atoms with Crippen LogP contribution in [-0.2, 0) is 4.84 Å². The van der Waals surface area contributed by atoms with Gasteiger partial charge < -0.3 is 4.84 Å². The van der Waals surface area contributed by atoms with Crippen LogP contribution in [0.3, 0.4) is 0 Å². The van der Waals surface area contributed by atoms with Gasteiger partial charge in [0, 0.05) is 11.6 Å². The summed E-state index contributed by atoms with van der Waals surface area (Å²) in [6.45, 7) is 8.76. The van der Waals surface area contributed by atoms with Gasteiger partial charge in [-0.05, 0) is 46.6 Å². The molecule has 0 aromatic heterocycles. The first-order valence-electron chi connectivity index (χ1n) is 5.64. The Kier molecular flexibility index (Phi) is 4.35. The SMILES string of the molecule is CC(C)(C)N1CCCCC1CCON. The minimum absolute atomic E-state index is 0.277. The molecule has 2 N–H and O–H groups in total. The molecule has 0 saturated carbocycles. The third-order valence-electron chi connectivity index (χ3n) is 3.06. The van der Waals surface area contributed by atoms with Gasteiger partial charge in [-0.15, -0.1) is 0 Å². The Morgan fingerprint density at radius 1 is 1.36 bits per heavy atom. The maximum Gasteiger partial charge on any atom is 0.0694 e. The lowest BCUT2D eigenvalue weighted by atomic mass is 9.93. The van der Waals surface area contributed by atoms with Gasteiger partial charge in [0.2, 0.25) is 0 Å². The van der Waals surface area contributed by atoms with Gasteiger partial charge in [-0.1, -0.05) is 6.42 Å². The molecular formula is C11H24N2O. The summed E-state index contributed by atoms with van der Waals surface area (Å²) >= 11 is 0. The Bertz CT molecular complexity index is 165. The van der Waals surface area contributed by atoms with Crippen LogP contribution in [0.2, 0.25) is 0 Å². The number of hydrogen-bond acceptors (Lipinski definition) is 3. The van der Waals surface area contributed by atoms with Crippen LogP contribution >= 0.6 is 0 Å². The zero-order valence-corrected chi connectivity index (χ0v) is 9.75. The van der Waals surface area contributed by atoms with Gasteiger partial charge in [0.1, 0.15) is 0 Å². The first kappa shape index (κ1) is 12.0. The zero-order valence-electron chi connectivity index (χ0n) is 9.75. The fourth-order valence-corrected chi connectivity index (χ4v) is 2.39. The molecular weight excluding hydrogens is 176 g/mol. The summed E-state index contributed by atoms with van der Waals surface area (Å²) in [5.41, 5.74) is 0.277. The first-order valence-corrected chi connectivity index (χ1v) is 5.64. The molecule has 0 amide bonds. The van der Waals surface area contributed by atoms with E-state index in [0.717, 1.165) is 6.42 Å². The van der Waals surface area contributed by atoms with E-state index in [0.29, 0.717) is 12.6 Å². The van der Waals surface area contributed by atoms with Crippen LogP contribution in [0.4, 0.5) is 0 Å². The van der Waals surface area contributed by atoms with Gasteiger partial charge in [-0.3, -0.25) is 4.90 Å². The van der Waals surface area contributed by atoms with Crippen molar-refractivity contribution in [1.29, 1.82) is 0 Å². The van der Waals surface area contributed by atoms with E-state index < -0.39 is 0 Å². The highest BCUT2D eigenvalue weighted by Gasteiger charge is 2.30. The van der Waals surface area contributed by atoms with Crippen molar-refractivity contribution in [3.05, 3.63) is 0 Å². The number of nitrogens with two attached hydrogens (primary N) is 1. The molecule has 14 heavy (non-hydrogen) atoms. The van der Waals surface area contributed by atoms with E-state index in [1.54, 1.807) is 0 Å². The van der Waals surface area contributed by atoms with E-state index in [9.17, 15) is 0 Å². The number of likely N-dealkylation sites (tertiary alicyclic amines) is 1. The molecule has 0 radical (unpaired) electrons. The first-order chi connectivity index (χ1) is 6.55. The maximum atomic E-state index is 5.08. The van der Waals surface area contributed by atoms with Crippen molar-refractivity contribution in [3.8, 4) is 0 Å². The Balaban J connectivity index is 2.50. The third kappa shape index (κ3) is 3.23. The van der Waals surface area contributed by atoms with E-state index in [4.69, 9.17) is 5.90 Å². The number of piperidine rings is 1. The molecule has 1 aliphatic heterocycles. The smallest absolute Gasteiger partial charge is 0.0694 e. The minimum atomic E-state index is 0.277. The van der Waals surface area contributed by atoms with E-state index in [2.05, 4.69) is 30.5 Å². The molecule has 1 fully saturated rings. The molecule has 0 aromatic carbocycles. The summed E-state index contributed by atoms with van der Waals surface area (Å²) < 4.78 is 0. The van der Waals surface area contributed by atoms with Crippen LogP contribution in [0.5, 0.6) is 0 Å². The molecule has 1 heterocycles. The lowest BCUT2D eigenvalue weighted by Gasteiger charge is -2.44. The van der Waals surface area contributed by atoms with Crippen LogP contribution in [0.25, 0.3) is 0 Å². The molecule has 3 heteroatoms.